The van der Waals surface area contributed by atoms with Crippen LogP contribution >= 0.6 is 22.9 Å². The Bertz CT molecular complexity index is 411. The minimum absolute atomic E-state index is 0.183. The summed E-state index contributed by atoms with van der Waals surface area (Å²) in [7, 11) is 0. The average Bonchev–Trinajstić information content (AvgIpc) is 2.75. The molecule has 1 aromatic heterocycles. The van der Waals surface area contributed by atoms with Crippen molar-refractivity contribution in [2.45, 2.75) is 5.92 Å². The molecule has 1 atom stereocenters. The molecule has 0 aliphatic carbocycles. The lowest BCUT2D eigenvalue weighted by Crippen LogP contribution is -2.13. The standard InChI is InChI=1S/C11H11ClN2S/c12-9-3-1-8(2-4-9)10(7-13)11-14-5-6-15-11/h1-6,10H,7,13H2. The second kappa shape index (κ2) is 4.75. The highest BCUT2D eigenvalue weighted by Gasteiger charge is 2.14. The van der Waals surface area contributed by atoms with Crippen molar-refractivity contribution in [1.29, 1.82) is 0 Å². The highest BCUT2D eigenvalue weighted by Crippen LogP contribution is 2.26. The summed E-state index contributed by atoms with van der Waals surface area (Å²) >= 11 is 7.47. The summed E-state index contributed by atoms with van der Waals surface area (Å²) in [5, 5.41) is 3.77. The Morgan fingerprint density at radius 3 is 2.60 bits per heavy atom. The van der Waals surface area contributed by atoms with E-state index >= 15 is 0 Å². The molecule has 78 valence electrons. The molecule has 1 unspecified atom stereocenters. The molecule has 1 aromatic carbocycles. The van der Waals surface area contributed by atoms with Gasteiger partial charge in [0.05, 0.1) is 0 Å². The molecule has 2 rings (SSSR count). The largest absolute Gasteiger partial charge is 0.329 e. The van der Waals surface area contributed by atoms with Gasteiger partial charge in [0.15, 0.2) is 0 Å². The first-order chi connectivity index (χ1) is 7.31. The summed E-state index contributed by atoms with van der Waals surface area (Å²) in [5.41, 5.74) is 6.93. The van der Waals surface area contributed by atoms with E-state index in [1.165, 1.54) is 0 Å². The molecule has 0 fully saturated rings. The average molecular weight is 239 g/mol. The molecule has 0 bridgehead atoms. The van der Waals surface area contributed by atoms with E-state index in [0.29, 0.717) is 6.54 Å². The zero-order valence-corrected chi connectivity index (χ0v) is 9.63. The Balaban J connectivity index is 2.31. The van der Waals surface area contributed by atoms with E-state index in [0.717, 1.165) is 15.6 Å². The van der Waals surface area contributed by atoms with Crippen LogP contribution in [0, 0.1) is 0 Å². The van der Waals surface area contributed by atoms with Crippen LogP contribution in [0.4, 0.5) is 0 Å². The third kappa shape index (κ3) is 2.37. The van der Waals surface area contributed by atoms with Crippen molar-refractivity contribution in [3.8, 4) is 0 Å². The minimum atomic E-state index is 0.183. The number of nitrogens with two attached hydrogens (primary N) is 1. The van der Waals surface area contributed by atoms with Gasteiger partial charge in [-0.15, -0.1) is 11.3 Å². The summed E-state index contributed by atoms with van der Waals surface area (Å²) in [6.45, 7) is 0.565. The molecule has 0 spiro atoms. The van der Waals surface area contributed by atoms with Crippen LogP contribution in [0.1, 0.15) is 16.5 Å². The summed E-state index contributed by atoms with van der Waals surface area (Å²) in [5.74, 6) is 0.183. The van der Waals surface area contributed by atoms with Crippen LogP contribution in [-0.4, -0.2) is 11.5 Å². The van der Waals surface area contributed by atoms with Crippen LogP contribution in [0.5, 0.6) is 0 Å². The first-order valence-electron chi connectivity index (χ1n) is 4.66. The van der Waals surface area contributed by atoms with E-state index in [4.69, 9.17) is 17.3 Å². The van der Waals surface area contributed by atoms with Crippen LogP contribution in [0.2, 0.25) is 5.02 Å². The molecule has 2 nitrogen and oxygen atoms in total. The second-order valence-electron chi connectivity index (χ2n) is 3.21. The Kier molecular flexibility index (Phi) is 3.36. The van der Waals surface area contributed by atoms with Gasteiger partial charge in [-0.25, -0.2) is 4.98 Å². The van der Waals surface area contributed by atoms with Gasteiger partial charge >= 0.3 is 0 Å². The van der Waals surface area contributed by atoms with Crippen LogP contribution in [-0.2, 0) is 0 Å². The van der Waals surface area contributed by atoms with Crippen LogP contribution < -0.4 is 5.73 Å². The van der Waals surface area contributed by atoms with Crippen molar-refractivity contribution in [2.24, 2.45) is 5.73 Å². The Hall–Kier alpha value is -0.900. The molecule has 0 aliphatic rings. The smallest absolute Gasteiger partial charge is 0.101 e. The first-order valence-corrected chi connectivity index (χ1v) is 5.92. The summed E-state index contributed by atoms with van der Waals surface area (Å²) in [6.07, 6.45) is 1.80. The van der Waals surface area contributed by atoms with Crippen molar-refractivity contribution in [3.05, 3.63) is 51.4 Å². The molecule has 0 amide bonds. The van der Waals surface area contributed by atoms with Gasteiger partial charge < -0.3 is 5.73 Å². The molecule has 2 aromatic rings. The van der Waals surface area contributed by atoms with Gasteiger partial charge in [-0.2, -0.15) is 0 Å². The van der Waals surface area contributed by atoms with Crippen molar-refractivity contribution < 1.29 is 0 Å². The topological polar surface area (TPSA) is 38.9 Å². The van der Waals surface area contributed by atoms with Gasteiger partial charge in [0.1, 0.15) is 5.01 Å². The van der Waals surface area contributed by atoms with E-state index in [-0.39, 0.29) is 5.92 Å². The quantitative estimate of drug-likeness (QED) is 0.893. The van der Waals surface area contributed by atoms with Gasteiger partial charge in [-0.05, 0) is 17.7 Å². The number of rotatable bonds is 3. The van der Waals surface area contributed by atoms with Gasteiger partial charge in [0.25, 0.3) is 0 Å². The molecular weight excluding hydrogens is 228 g/mol. The fourth-order valence-electron chi connectivity index (χ4n) is 1.48. The van der Waals surface area contributed by atoms with Gasteiger partial charge in [-0.1, -0.05) is 23.7 Å². The zero-order chi connectivity index (χ0) is 10.7. The van der Waals surface area contributed by atoms with Crippen molar-refractivity contribution >= 4 is 22.9 Å². The Morgan fingerprint density at radius 2 is 2.07 bits per heavy atom. The Morgan fingerprint density at radius 1 is 1.33 bits per heavy atom. The normalized spacial score (nSPS) is 12.7. The lowest BCUT2D eigenvalue weighted by atomic mass is 10.0. The molecule has 2 N–H and O–H groups in total. The summed E-state index contributed by atoms with van der Waals surface area (Å²) in [6, 6.07) is 7.77. The van der Waals surface area contributed by atoms with Crippen molar-refractivity contribution in [2.75, 3.05) is 6.54 Å². The monoisotopic (exact) mass is 238 g/mol. The third-order valence-corrected chi connectivity index (χ3v) is 3.40. The van der Waals surface area contributed by atoms with E-state index in [1.54, 1.807) is 17.5 Å². The van der Waals surface area contributed by atoms with Crippen molar-refractivity contribution in [3.63, 3.8) is 0 Å². The fraction of sp³-hybridized carbons (Fsp3) is 0.182. The number of halogens is 1. The highest BCUT2D eigenvalue weighted by molar-refractivity contribution is 7.09. The molecule has 0 aliphatic heterocycles. The predicted molar refractivity (Wildman–Crippen MR) is 64.5 cm³/mol. The Labute approximate surface area is 97.7 Å². The molecule has 0 saturated carbocycles. The lowest BCUT2D eigenvalue weighted by molar-refractivity contribution is 0.809. The van der Waals surface area contributed by atoms with Crippen LogP contribution in [0.3, 0.4) is 0 Å². The highest BCUT2D eigenvalue weighted by atomic mass is 35.5. The number of aromatic nitrogens is 1. The van der Waals surface area contributed by atoms with Gasteiger partial charge in [0, 0.05) is 29.1 Å². The summed E-state index contributed by atoms with van der Waals surface area (Å²) < 4.78 is 0. The van der Waals surface area contributed by atoms with Crippen LogP contribution in [0.15, 0.2) is 35.8 Å². The number of benzene rings is 1. The van der Waals surface area contributed by atoms with E-state index in [9.17, 15) is 0 Å². The molecule has 1 heterocycles. The fourth-order valence-corrected chi connectivity index (χ4v) is 2.39. The second-order valence-corrected chi connectivity index (χ2v) is 4.57. The maximum atomic E-state index is 5.84. The number of thiazole rings is 1. The molecule has 0 radical (unpaired) electrons. The van der Waals surface area contributed by atoms with E-state index in [1.807, 2.05) is 29.6 Å². The lowest BCUT2D eigenvalue weighted by Gasteiger charge is -2.11. The third-order valence-electron chi connectivity index (χ3n) is 2.26. The number of nitrogens with zero attached hydrogens (tertiary/aromatic N) is 1. The predicted octanol–water partition coefficient (Wildman–Crippen LogP) is 2.89. The first kappa shape index (κ1) is 10.6. The van der Waals surface area contributed by atoms with E-state index in [2.05, 4.69) is 4.98 Å². The van der Waals surface area contributed by atoms with Gasteiger partial charge in [-0.3, -0.25) is 0 Å². The SMILES string of the molecule is NCC(c1ccc(Cl)cc1)c1nccs1. The zero-order valence-electron chi connectivity index (χ0n) is 8.06. The number of hydrogen-bond acceptors (Lipinski definition) is 3. The van der Waals surface area contributed by atoms with Crippen molar-refractivity contribution in [1.82, 2.24) is 4.98 Å². The molecule has 4 heteroatoms. The number of hydrogen-bond donors (Lipinski definition) is 1. The minimum Gasteiger partial charge on any atom is -0.329 e. The van der Waals surface area contributed by atoms with Crippen LogP contribution in [0.25, 0.3) is 0 Å². The van der Waals surface area contributed by atoms with Gasteiger partial charge in [0.2, 0.25) is 0 Å². The molecule has 0 saturated heterocycles. The molecule has 15 heavy (non-hydrogen) atoms. The van der Waals surface area contributed by atoms with E-state index < -0.39 is 0 Å². The molecular formula is C11H11ClN2S. The maximum Gasteiger partial charge on any atom is 0.101 e. The maximum absolute atomic E-state index is 5.84. The summed E-state index contributed by atoms with van der Waals surface area (Å²) in [4.78, 5) is 4.29.